The van der Waals surface area contributed by atoms with Crippen LogP contribution < -0.4 is 5.32 Å². The average Bonchev–Trinajstić information content (AvgIpc) is 3.01. The molecule has 1 atom stereocenters. The molecule has 0 spiro atoms. The zero-order valence-corrected chi connectivity index (χ0v) is 15.1. The van der Waals surface area contributed by atoms with Crippen molar-refractivity contribution in [3.05, 3.63) is 53.6 Å². The Bertz CT molecular complexity index is 668. The average molecular weight is 349 g/mol. The first-order valence-electron chi connectivity index (χ1n) is 8.24. The number of carbonyl (C=O) groups is 1. The van der Waals surface area contributed by atoms with Crippen molar-refractivity contribution in [1.29, 1.82) is 0 Å². The lowest BCUT2D eigenvalue weighted by molar-refractivity contribution is -0.134. The molecule has 24 heavy (non-hydrogen) atoms. The Labute approximate surface area is 149 Å². The lowest BCUT2D eigenvalue weighted by Gasteiger charge is -2.35. The van der Waals surface area contributed by atoms with Crippen molar-refractivity contribution >= 4 is 18.3 Å². The van der Waals surface area contributed by atoms with Crippen LogP contribution in [0.3, 0.4) is 0 Å². The largest absolute Gasteiger partial charge is 0.336 e. The number of piperazine rings is 1. The van der Waals surface area contributed by atoms with E-state index in [9.17, 15) is 4.79 Å². The maximum atomic E-state index is 12.8. The van der Waals surface area contributed by atoms with E-state index < -0.39 is 0 Å². The van der Waals surface area contributed by atoms with E-state index in [1.165, 1.54) is 5.56 Å². The van der Waals surface area contributed by atoms with Crippen molar-refractivity contribution in [3.8, 4) is 0 Å². The van der Waals surface area contributed by atoms with Crippen molar-refractivity contribution < 1.29 is 4.79 Å². The van der Waals surface area contributed by atoms with E-state index in [2.05, 4.69) is 41.5 Å². The van der Waals surface area contributed by atoms with Gasteiger partial charge in [-0.3, -0.25) is 4.79 Å². The maximum absolute atomic E-state index is 12.8. The van der Waals surface area contributed by atoms with Crippen LogP contribution in [-0.2, 0) is 24.7 Å². The molecule has 6 heteroatoms. The molecule has 1 saturated heterocycles. The molecule has 0 saturated carbocycles. The fraction of sp³-hybridized carbons (Fsp3) is 0.444. The lowest BCUT2D eigenvalue weighted by Crippen LogP contribution is -2.49. The third-order valence-corrected chi connectivity index (χ3v) is 4.51. The minimum atomic E-state index is 0. The minimum Gasteiger partial charge on any atom is -0.336 e. The van der Waals surface area contributed by atoms with Gasteiger partial charge in [0.2, 0.25) is 5.91 Å². The molecule has 1 aromatic carbocycles. The summed E-state index contributed by atoms with van der Waals surface area (Å²) in [5, 5.41) is 3.37. The molecule has 5 nitrogen and oxygen atoms in total. The van der Waals surface area contributed by atoms with Gasteiger partial charge in [0.1, 0.15) is 11.9 Å². The second kappa shape index (κ2) is 8.31. The normalized spacial score (nSPS) is 17.4. The van der Waals surface area contributed by atoms with Crippen LogP contribution >= 0.6 is 12.4 Å². The van der Waals surface area contributed by atoms with Crippen LogP contribution in [-0.4, -0.2) is 40.0 Å². The number of benzene rings is 1. The number of imidazole rings is 1. The zero-order chi connectivity index (χ0) is 16.2. The van der Waals surface area contributed by atoms with Gasteiger partial charge >= 0.3 is 0 Å². The Hall–Kier alpha value is -1.85. The molecule has 1 amide bonds. The summed E-state index contributed by atoms with van der Waals surface area (Å²) < 4.78 is 1.99. The summed E-state index contributed by atoms with van der Waals surface area (Å²) >= 11 is 0. The monoisotopic (exact) mass is 348 g/mol. The van der Waals surface area contributed by atoms with Gasteiger partial charge in [0.05, 0.1) is 6.42 Å². The quantitative estimate of drug-likeness (QED) is 0.920. The van der Waals surface area contributed by atoms with Gasteiger partial charge in [0, 0.05) is 39.1 Å². The second-order valence-electron chi connectivity index (χ2n) is 6.05. The number of aromatic nitrogens is 2. The Kier molecular flexibility index (Phi) is 6.40. The molecule has 0 aliphatic carbocycles. The third kappa shape index (κ3) is 3.97. The summed E-state index contributed by atoms with van der Waals surface area (Å²) in [6.07, 6.45) is 5.18. The van der Waals surface area contributed by atoms with Crippen LogP contribution in [0.25, 0.3) is 0 Å². The van der Waals surface area contributed by atoms with E-state index in [-0.39, 0.29) is 24.4 Å². The van der Waals surface area contributed by atoms with Gasteiger partial charge in [-0.2, -0.15) is 0 Å². The molecule has 0 radical (unpaired) electrons. The van der Waals surface area contributed by atoms with Crippen molar-refractivity contribution in [1.82, 2.24) is 19.8 Å². The highest BCUT2D eigenvalue weighted by molar-refractivity contribution is 5.85. The standard InChI is InChI=1S/C18H24N4O.ClH/c1-3-14-4-6-15(7-5-14)12-17(23)22-11-8-19-13-16(22)18-20-9-10-21(18)2;/h4-7,9-10,16,19H,3,8,11-13H2,1-2H3;1H. The van der Waals surface area contributed by atoms with Gasteiger partial charge < -0.3 is 14.8 Å². The molecule has 1 aliphatic rings. The van der Waals surface area contributed by atoms with E-state index in [0.29, 0.717) is 6.42 Å². The Morgan fingerprint density at radius 1 is 1.29 bits per heavy atom. The number of hydrogen-bond acceptors (Lipinski definition) is 3. The molecular formula is C18H25ClN4O. The van der Waals surface area contributed by atoms with Crippen molar-refractivity contribution in [2.45, 2.75) is 25.8 Å². The first-order chi connectivity index (χ1) is 11.2. The van der Waals surface area contributed by atoms with Gasteiger partial charge in [0.25, 0.3) is 0 Å². The van der Waals surface area contributed by atoms with Crippen molar-refractivity contribution in [2.24, 2.45) is 7.05 Å². The van der Waals surface area contributed by atoms with Crippen LogP contribution in [0.1, 0.15) is 29.9 Å². The molecule has 2 aromatic rings. The smallest absolute Gasteiger partial charge is 0.227 e. The highest BCUT2D eigenvalue weighted by Crippen LogP contribution is 2.21. The number of nitrogens with zero attached hydrogens (tertiary/aromatic N) is 3. The summed E-state index contributed by atoms with van der Waals surface area (Å²) in [4.78, 5) is 19.2. The Morgan fingerprint density at radius 2 is 2.00 bits per heavy atom. The fourth-order valence-electron chi connectivity index (χ4n) is 3.10. The SMILES string of the molecule is CCc1ccc(CC(=O)N2CCNCC2c2nccn2C)cc1.Cl. The molecule has 130 valence electrons. The highest BCUT2D eigenvalue weighted by Gasteiger charge is 2.30. The number of aryl methyl sites for hydroxylation is 2. The van der Waals surface area contributed by atoms with Gasteiger partial charge in [-0.1, -0.05) is 31.2 Å². The fourth-order valence-corrected chi connectivity index (χ4v) is 3.10. The van der Waals surface area contributed by atoms with E-state index in [1.807, 2.05) is 22.7 Å². The molecule has 2 heterocycles. The van der Waals surface area contributed by atoms with Crippen LogP contribution in [0.4, 0.5) is 0 Å². The first-order valence-corrected chi connectivity index (χ1v) is 8.24. The zero-order valence-electron chi connectivity index (χ0n) is 14.2. The molecule has 1 N–H and O–H groups in total. The number of amides is 1. The van der Waals surface area contributed by atoms with E-state index >= 15 is 0 Å². The molecule has 1 fully saturated rings. The molecule has 1 aliphatic heterocycles. The van der Waals surface area contributed by atoms with Crippen LogP contribution in [0.2, 0.25) is 0 Å². The third-order valence-electron chi connectivity index (χ3n) is 4.51. The summed E-state index contributed by atoms with van der Waals surface area (Å²) in [5.74, 6) is 1.11. The van der Waals surface area contributed by atoms with Crippen LogP contribution in [0, 0.1) is 0 Å². The number of carbonyl (C=O) groups excluding carboxylic acids is 1. The number of hydrogen-bond donors (Lipinski definition) is 1. The topological polar surface area (TPSA) is 50.2 Å². The lowest BCUT2D eigenvalue weighted by atomic mass is 10.1. The molecule has 1 unspecified atom stereocenters. The number of nitrogens with one attached hydrogen (secondary N) is 1. The highest BCUT2D eigenvalue weighted by atomic mass is 35.5. The minimum absolute atomic E-state index is 0. The Morgan fingerprint density at radius 3 is 2.62 bits per heavy atom. The molecular weight excluding hydrogens is 324 g/mol. The number of halogens is 1. The van der Waals surface area contributed by atoms with Crippen molar-refractivity contribution in [2.75, 3.05) is 19.6 Å². The summed E-state index contributed by atoms with van der Waals surface area (Å²) in [6, 6.07) is 8.35. The summed E-state index contributed by atoms with van der Waals surface area (Å²) in [5.41, 5.74) is 2.37. The van der Waals surface area contributed by atoms with E-state index in [0.717, 1.165) is 37.4 Å². The van der Waals surface area contributed by atoms with Gasteiger partial charge in [0.15, 0.2) is 0 Å². The first kappa shape index (κ1) is 18.5. The summed E-state index contributed by atoms with van der Waals surface area (Å²) in [7, 11) is 1.98. The Balaban J connectivity index is 0.00000208. The predicted octanol–water partition coefficient (Wildman–Crippen LogP) is 2.12. The maximum Gasteiger partial charge on any atom is 0.227 e. The molecule has 3 rings (SSSR count). The van der Waals surface area contributed by atoms with Gasteiger partial charge in [-0.25, -0.2) is 4.98 Å². The number of rotatable bonds is 4. The second-order valence-corrected chi connectivity index (χ2v) is 6.05. The van der Waals surface area contributed by atoms with Crippen LogP contribution in [0.5, 0.6) is 0 Å². The molecule has 0 bridgehead atoms. The molecule has 1 aromatic heterocycles. The van der Waals surface area contributed by atoms with Crippen molar-refractivity contribution in [3.63, 3.8) is 0 Å². The van der Waals surface area contributed by atoms with Crippen LogP contribution in [0.15, 0.2) is 36.7 Å². The van der Waals surface area contributed by atoms with E-state index in [4.69, 9.17) is 0 Å². The summed E-state index contributed by atoms with van der Waals surface area (Å²) in [6.45, 7) is 4.45. The predicted molar refractivity (Wildman–Crippen MR) is 97.3 cm³/mol. The van der Waals surface area contributed by atoms with Gasteiger partial charge in [-0.05, 0) is 17.5 Å². The van der Waals surface area contributed by atoms with Gasteiger partial charge in [-0.15, -0.1) is 12.4 Å². The van der Waals surface area contributed by atoms with E-state index in [1.54, 1.807) is 6.20 Å².